The molecule has 1 heterocycles. The van der Waals surface area contributed by atoms with Crippen molar-refractivity contribution in [3.63, 3.8) is 0 Å². The number of rotatable bonds is 14. The van der Waals surface area contributed by atoms with Gasteiger partial charge in [0.1, 0.15) is 0 Å². The molecule has 0 aliphatic rings. The van der Waals surface area contributed by atoms with Gasteiger partial charge in [0.2, 0.25) is 0 Å². The predicted molar refractivity (Wildman–Crippen MR) is 90.4 cm³/mol. The molecule has 2 heteroatoms. The molecule has 1 rings (SSSR count). The topological polar surface area (TPSA) is 33.1 Å². The minimum atomic E-state index is 0.362. The molecule has 0 saturated carbocycles. The van der Waals surface area contributed by atoms with Gasteiger partial charge in [-0.3, -0.25) is 4.98 Å². The predicted octanol–water partition coefficient (Wildman–Crippen LogP) is 5.30. The van der Waals surface area contributed by atoms with Crippen LogP contribution in [0.1, 0.15) is 82.6 Å². The van der Waals surface area contributed by atoms with E-state index in [0.717, 1.165) is 6.42 Å². The van der Waals surface area contributed by atoms with Crippen LogP contribution in [0.2, 0.25) is 0 Å². The van der Waals surface area contributed by atoms with Crippen molar-refractivity contribution >= 4 is 0 Å². The zero-order valence-electron chi connectivity index (χ0n) is 13.6. The maximum absolute atomic E-state index is 8.69. The van der Waals surface area contributed by atoms with E-state index in [1.54, 1.807) is 0 Å². The number of aliphatic hydroxyl groups excluding tert-OH is 1. The maximum Gasteiger partial charge on any atom is 0.0431 e. The number of pyridine rings is 1. The van der Waals surface area contributed by atoms with Crippen LogP contribution in [0.25, 0.3) is 0 Å². The molecule has 120 valence electrons. The van der Waals surface area contributed by atoms with Gasteiger partial charge in [-0.05, 0) is 30.9 Å². The van der Waals surface area contributed by atoms with E-state index in [1.807, 2.05) is 18.5 Å². The number of aromatic nitrogens is 1. The largest absolute Gasteiger partial charge is 0.396 e. The number of unbranched alkanes of at least 4 members (excludes halogenated alkanes) is 11. The highest BCUT2D eigenvalue weighted by Gasteiger charge is 1.95. The molecule has 0 spiro atoms. The molecule has 0 aliphatic heterocycles. The summed E-state index contributed by atoms with van der Waals surface area (Å²) in [4.78, 5) is 4.15. The van der Waals surface area contributed by atoms with Crippen molar-refractivity contribution < 1.29 is 5.11 Å². The van der Waals surface area contributed by atoms with Crippen LogP contribution in [0.3, 0.4) is 0 Å². The van der Waals surface area contributed by atoms with Crippen molar-refractivity contribution in [3.05, 3.63) is 30.1 Å². The molecular weight excluding hydrogens is 258 g/mol. The first-order valence-electron chi connectivity index (χ1n) is 8.93. The second kappa shape index (κ2) is 14.1. The van der Waals surface area contributed by atoms with E-state index in [-0.39, 0.29) is 0 Å². The van der Waals surface area contributed by atoms with Crippen molar-refractivity contribution in [2.45, 2.75) is 83.5 Å². The second-order valence-corrected chi connectivity index (χ2v) is 6.08. The first-order chi connectivity index (χ1) is 10.4. The third-order valence-electron chi connectivity index (χ3n) is 4.10. The molecule has 0 atom stereocenters. The lowest BCUT2D eigenvalue weighted by Gasteiger charge is -2.03. The van der Waals surface area contributed by atoms with E-state index in [2.05, 4.69) is 11.1 Å². The quantitative estimate of drug-likeness (QED) is 0.472. The smallest absolute Gasteiger partial charge is 0.0431 e. The Balaban J connectivity index is 1.75. The molecule has 0 radical (unpaired) electrons. The molecule has 0 amide bonds. The molecule has 0 aliphatic carbocycles. The average molecular weight is 291 g/mol. The number of nitrogens with zero attached hydrogens (tertiary/aromatic N) is 1. The van der Waals surface area contributed by atoms with Crippen molar-refractivity contribution in [1.29, 1.82) is 0 Å². The lowest BCUT2D eigenvalue weighted by Crippen LogP contribution is -1.87. The summed E-state index contributed by atoms with van der Waals surface area (Å²) >= 11 is 0. The van der Waals surface area contributed by atoms with E-state index in [9.17, 15) is 0 Å². The summed E-state index contributed by atoms with van der Waals surface area (Å²) in [5, 5.41) is 8.69. The monoisotopic (exact) mass is 291 g/mol. The maximum atomic E-state index is 8.69. The SMILES string of the molecule is OCCCCCCCCCCCCCCc1cccnc1. The van der Waals surface area contributed by atoms with Gasteiger partial charge >= 0.3 is 0 Å². The zero-order valence-corrected chi connectivity index (χ0v) is 13.6. The van der Waals surface area contributed by atoms with Crippen LogP contribution in [0.4, 0.5) is 0 Å². The highest BCUT2D eigenvalue weighted by molar-refractivity contribution is 5.08. The fourth-order valence-corrected chi connectivity index (χ4v) is 2.75. The summed E-state index contributed by atoms with van der Waals surface area (Å²) in [6, 6.07) is 4.20. The number of aryl methyl sites for hydroxylation is 1. The van der Waals surface area contributed by atoms with Gasteiger partial charge in [0, 0.05) is 19.0 Å². The van der Waals surface area contributed by atoms with Gasteiger partial charge < -0.3 is 5.11 Å². The molecule has 0 fully saturated rings. The van der Waals surface area contributed by atoms with Crippen molar-refractivity contribution in [2.24, 2.45) is 0 Å². The van der Waals surface area contributed by atoms with Gasteiger partial charge in [0.05, 0.1) is 0 Å². The third-order valence-corrected chi connectivity index (χ3v) is 4.10. The Kier molecular flexibility index (Phi) is 12.2. The zero-order chi connectivity index (χ0) is 15.0. The van der Waals surface area contributed by atoms with Crippen molar-refractivity contribution in [3.8, 4) is 0 Å². The van der Waals surface area contributed by atoms with Crippen molar-refractivity contribution in [2.75, 3.05) is 6.61 Å². The molecular formula is C19H33NO. The summed E-state index contributed by atoms with van der Waals surface area (Å²) in [6.45, 7) is 0.362. The fourth-order valence-electron chi connectivity index (χ4n) is 2.75. The molecule has 21 heavy (non-hydrogen) atoms. The van der Waals surface area contributed by atoms with Gasteiger partial charge in [-0.1, -0.05) is 70.3 Å². The Bertz CT molecular complexity index is 313. The van der Waals surface area contributed by atoms with Gasteiger partial charge in [0.25, 0.3) is 0 Å². The number of aliphatic hydroxyl groups is 1. The lowest BCUT2D eigenvalue weighted by molar-refractivity contribution is 0.282. The highest BCUT2D eigenvalue weighted by Crippen LogP contribution is 2.12. The van der Waals surface area contributed by atoms with Crippen LogP contribution < -0.4 is 0 Å². The average Bonchev–Trinajstić information content (AvgIpc) is 2.53. The van der Waals surface area contributed by atoms with Gasteiger partial charge in [-0.15, -0.1) is 0 Å². The Hall–Kier alpha value is -0.890. The summed E-state index contributed by atoms with van der Waals surface area (Å²) < 4.78 is 0. The lowest BCUT2D eigenvalue weighted by atomic mass is 10.0. The summed E-state index contributed by atoms with van der Waals surface area (Å²) in [5.74, 6) is 0. The van der Waals surface area contributed by atoms with Crippen LogP contribution in [0.15, 0.2) is 24.5 Å². The Morgan fingerprint density at radius 1 is 0.714 bits per heavy atom. The molecule has 0 saturated heterocycles. The summed E-state index contributed by atoms with van der Waals surface area (Å²) in [7, 11) is 0. The molecule has 0 bridgehead atoms. The van der Waals surface area contributed by atoms with Gasteiger partial charge in [0.15, 0.2) is 0 Å². The van der Waals surface area contributed by atoms with E-state index in [1.165, 1.54) is 82.6 Å². The minimum absolute atomic E-state index is 0.362. The number of hydrogen-bond donors (Lipinski definition) is 1. The van der Waals surface area contributed by atoms with Crippen LogP contribution in [-0.2, 0) is 6.42 Å². The molecule has 2 nitrogen and oxygen atoms in total. The van der Waals surface area contributed by atoms with E-state index >= 15 is 0 Å². The Labute approximate surface area is 131 Å². The fraction of sp³-hybridized carbons (Fsp3) is 0.737. The van der Waals surface area contributed by atoms with Crippen molar-refractivity contribution in [1.82, 2.24) is 4.98 Å². The molecule has 1 aromatic rings. The minimum Gasteiger partial charge on any atom is -0.396 e. The summed E-state index contributed by atoms with van der Waals surface area (Å²) in [6.07, 6.45) is 20.9. The van der Waals surface area contributed by atoms with E-state index < -0.39 is 0 Å². The van der Waals surface area contributed by atoms with Gasteiger partial charge in [-0.2, -0.15) is 0 Å². The van der Waals surface area contributed by atoms with Crippen LogP contribution in [0, 0.1) is 0 Å². The highest BCUT2D eigenvalue weighted by atomic mass is 16.2. The molecule has 1 N–H and O–H groups in total. The standard InChI is InChI=1S/C19H33NO/c21-17-12-10-8-6-4-2-1-3-5-7-9-11-14-19-15-13-16-20-18-19/h13,15-16,18,21H,1-12,14,17H2. The molecule has 0 unspecified atom stereocenters. The first kappa shape index (κ1) is 18.2. The van der Waals surface area contributed by atoms with Crippen LogP contribution >= 0.6 is 0 Å². The third kappa shape index (κ3) is 11.4. The van der Waals surface area contributed by atoms with Crippen LogP contribution in [-0.4, -0.2) is 16.7 Å². The molecule has 0 aromatic carbocycles. The van der Waals surface area contributed by atoms with E-state index in [0.29, 0.717) is 6.61 Å². The second-order valence-electron chi connectivity index (χ2n) is 6.08. The first-order valence-corrected chi connectivity index (χ1v) is 8.93. The van der Waals surface area contributed by atoms with E-state index in [4.69, 9.17) is 5.11 Å². The Morgan fingerprint density at radius 3 is 1.71 bits per heavy atom. The molecule has 1 aromatic heterocycles. The van der Waals surface area contributed by atoms with Crippen LogP contribution in [0.5, 0.6) is 0 Å². The Morgan fingerprint density at radius 2 is 1.24 bits per heavy atom. The normalized spacial score (nSPS) is 10.9. The van der Waals surface area contributed by atoms with Gasteiger partial charge in [-0.25, -0.2) is 0 Å². The number of hydrogen-bond acceptors (Lipinski definition) is 2. The summed E-state index contributed by atoms with van der Waals surface area (Å²) in [5.41, 5.74) is 1.37.